The molecule has 0 aliphatic carbocycles. The zero-order valence-electron chi connectivity index (χ0n) is 13.9. The average Bonchev–Trinajstić information content (AvgIpc) is 3.35. The Balaban J connectivity index is 1.55. The maximum absolute atomic E-state index is 12.2. The molecule has 1 aromatic heterocycles. The van der Waals surface area contributed by atoms with Gasteiger partial charge >= 0.3 is 0 Å². The summed E-state index contributed by atoms with van der Waals surface area (Å²) >= 11 is 7.81. The van der Waals surface area contributed by atoms with Crippen molar-refractivity contribution >= 4 is 34.5 Å². The van der Waals surface area contributed by atoms with Crippen molar-refractivity contribution < 1.29 is 9.53 Å². The molecule has 1 atom stereocenters. The van der Waals surface area contributed by atoms with E-state index in [-0.39, 0.29) is 12.0 Å². The summed E-state index contributed by atoms with van der Waals surface area (Å²) < 4.78 is 5.43. The van der Waals surface area contributed by atoms with Crippen molar-refractivity contribution in [2.24, 2.45) is 0 Å². The summed E-state index contributed by atoms with van der Waals surface area (Å²) in [7, 11) is 0. The van der Waals surface area contributed by atoms with Gasteiger partial charge in [-0.25, -0.2) is 4.98 Å². The summed E-state index contributed by atoms with van der Waals surface area (Å²) in [5, 5.41) is 6.49. The first-order valence-corrected chi connectivity index (χ1v) is 9.70. The van der Waals surface area contributed by atoms with Crippen molar-refractivity contribution in [2.45, 2.75) is 18.9 Å². The predicted molar refractivity (Wildman–Crippen MR) is 106 cm³/mol. The Morgan fingerprint density at radius 3 is 2.92 bits per heavy atom. The molecule has 4 nitrogen and oxygen atoms in total. The van der Waals surface area contributed by atoms with Gasteiger partial charge in [0.15, 0.2) is 0 Å². The molecule has 1 unspecified atom stereocenters. The van der Waals surface area contributed by atoms with Crippen LogP contribution in [0.1, 0.15) is 12.8 Å². The number of nitrogens with zero attached hydrogens (tertiary/aromatic N) is 1. The normalized spacial score (nSPS) is 16.6. The Hall–Kier alpha value is -2.21. The number of rotatable bonds is 4. The molecule has 1 aliphatic heterocycles. The molecular formula is C20H17ClN2O2S. The Bertz CT molecular complexity index is 935. The first-order chi connectivity index (χ1) is 12.7. The minimum absolute atomic E-state index is 0.0883. The van der Waals surface area contributed by atoms with E-state index in [2.05, 4.69) is 5.32 Å². The van der Waals surface area contributed by atoms with E-state index in [1.165, 1.54) is 0 Å². The first kappa shape index (κ1) is 17.2. The molecule has 6 heteroatoms. The lowest BCUT2D eigenvalue weighted by Gasteiger charge is -2.11. The highest BCUT2D eigenvalue weighted by atomic mass is 35.5. The lowest BCUT2D eigenvalue weighted by Crippen LogP contribution is -2.26. The lowest BCUT2D eigenvalue weighted by molar-refractivity contribution is -0.124. The second kappa shape index (κ2) is 7.58. The van der Waals surface area contributed by atoms with Gasteiger partial charge in [0.05, 0.1) is 10.7 Å². The van der Waals surface area contributed by atoms with E-state index in [0.717, 1.165) is 40.4 Å². The van der Waals surface area contributed by atoms with Crippen LogP contribution in [0.3, 0.4) is 0 Å². The summed E-state index contributed by atoms with van der Waals surface area (Å²) in [5.74, 6) is -0.0883. The smallest absolute Gasteiger partial charge is 0.253 e. The van der Waals surface area contributed by atoms with Crippen LogP contribution >= 0.6 is 22.9 Å². The van der Waals surface area contributed by atoms with Crippen LogP contribution in [0.25, 0.3) is 21.8 Å². The topological polar surface area (TPSA) is 51.2 Å². The van der Waals surface area contributed by atoms with Crippen LogP contribution in [0.4, 0.5) is 5.69 Å². The SMILES string of the molecule is O=C(Nc1cccc(-c2csc(-c3ccccc3Cl)n2)c1)C1CCCO1. The van der Waals surface area contributed by atoms with E-state index in [4.69, 9.17) is 21.3 Å². The van der Waals surface area contributed by atoms with E-state index < -0.39 is 0 Å². The third-order valence-corrected chi connectivity index (χ3v) is 5.46. The molecule has 0 saturated carbocycles. The Morgan fingerprint density at radius 1 is 1.23 bits per heavy atom. The number of aromatic nitrogens is 1. The Morgan fingerprint density at radius 2 is 2.12 bits per heavy atom. The van der Waals surface area contributed by atoms with Gasteiger partial charge in [-0.15, -0.1) is 11.3 Å². The molecule has 26 heavy (non-hydrogen) atoms. The van der Waals surface area contributed by atoms with E-state index in [0.29, 0.717) is 11.6 Å². The zero-order valence-corrected chi connectivity index (χ0v) is 15.5. The number of hydrogen-bond acceptors (Lipinski definition) is 4. The number of halogens is 1. The number of hydrogen-bond donors (Lipinski definition) is 1. The zero-order chi connectivity index (χ0) is 17.9. The molecule has 3 aromatic rings. The number of amides is 1. The van der Waals surface area contributed by atoms with Crippen molar-refractivity contribution in [2.75, 3.05) is 11.9 Å². The maximum atomic E-state index is 12.2. The monoisotopic (exact) mass is 384 g/mol. The molecule has 2 aromatic carbocycles. The largest absolute Gasteiger partial charge is 0.368 e. The number of ether oxygens (including phenoxy) is 1. The van der Waals surface area contributed by atoms with Crippen molar-refractivity contribution in [1.29, 1.82) is 0 Å². The second-order valence-electron chi connectivity index (χ2n) is 6.09. The summed E-state index contributed by atoms with van der Waals surface area (Å²) in [6.45, 7) is 0.655. The van der Waals surface area contributed by atoms with Crippen LogP contribution in [0, 0.1) is 0 Å². The predicted octanol–water partition coefficient (Wildman–Crippen LogP) is 5.25. The first-order valence-electron chi connectivity index (χ1n) is 8.44. The minimum atomic E-state index is -0.343. The third kappa shape index (κ3) is 3.65. The minimum Gasteiger partial charge on any atom is -0.368 e. The molecule has 2 heterocycles. The standard InChI is InChI=1S/C20H17ClN2O2S/c21-16-8-2-1-7-15(16)20-23-17(12-26-20)13-5-3-6-14(11-13)22-19(24)18-9-4-10-25-18/h1-3,5-8,11-12,18H,4,9-10H2,(H,22,24). The van der Waals surface area contributed by atoms with Gasteiger partial charge in [-0.1, -0.05) is 41.9 Å². The molecule has 4 rings (SSSR count). The molecule has 1 fully saturated rings. The van der Waals surface area contributed by atoms with Crippen LogP contribution in [0.15, 0.2) is 53.9 Å². The number of carbonyl (C=O) groups is 1. The fraction of sp³-hybridized carbons (Fsp3) is 0.200. The molecule has 132 valence electrons. The van der Waals surface area contributed by atoms with Gasteiger partial charge in [0.25, 0.3) is 5.91 Å². The van der Waals surface area contributed by atoms with Crippen LogP contribution in [0.2, 0.25) is 5.02 Å². The van der Waals surface area contributed by atoms with Gasteiger partial charge in [-0.3, -0.25) is 4.79 Å². The Kier molecular flexibility index (Phi) is 5.02. The molecule has 1 aliphatic rings. The highest BCUT2D eigenvalue weighted by Crippen LogP contribution is 2.33. The highest BCUT2D eigenvalue weighted by Gasteiger charge is 2.23. The highest BCUT2D eigenvalue weighted by molar-refractivity contribution is 7.13. The summed E-state index contributed by atoms with van der Waals surface area (Å²) in [6, 6.07) is 15.4. The molecule has 1 saturated heterocycles. The van der Waals surface area contributed by atoms with E-state index in [1.54, 1.807) is 11.3 Å². The fourth-order valence-electron chi connectivity index (χ4n) is 2.93. The maximum Gasteiger partial charge on any atom is 0.253 e. The number of nitrogens with one attached hydrogen (secondary N) is 1. The molecule has 0 bridgehead atoms. The molecule has 0 radical (unpaired) electrons. The van der Waals surface area contributed by atoms with Gasteiger partial charge in [-0.2, -0.15) is 0 Å². The van der Waals surface area contributed by atoms with Crippen LogP contribution in [0.5, 0.6) is 0 Å². The average molecular weight is 385 g/mol. The van der Waals surface area contributed by atoms with E-state index >= 15 is 0 Å². The van der Waals surface area contributed by atoms with Gasteiger partial charge in [0.1, 0.15) is 11.1 Å². The second-order valence-corrected chi connectivity index (χ2v) is 7.35. The summed E-state index contributed by atoms with van der Waals surface area (Å²) in [5.41, 5.74) is 3.48. The van der Waals surface area contributed by atoms with Gasteiger partial charge in [-0.05, 0) is 31.0 Å². The number of anilines is 1. The quantitative estimate of drug-likeness (QED) is 0.668. The van der Waals surface area contributed by atoms with Crippen LogP contribution in [-0.4, -0.2) is 23.6 Å². The lowest BCUT2D eigenvalue weighted by atomic mass is 10.1. The van der Waals surface area contributed by atoms with E-state index in [9.17, 15) is 4.79 Å². The fourth-order valence-corrected chi connectivity index (χ4v) is 4.08. The van der Waals surface area contributed by atoms with Crippen LogP contribution < -0.4 is 5.32 Å². The number of benzene rings is 2. The summed E-state index contributed by atoms with van der Waals surface area (Å²) in [4.78, 5) is 16.9. The van der Waals surface area contributed by atoms with Gasteiger partial charge in [0, 0.05) is 28.8 Å². The number of thiazole rings is 1. The molecule has 1 amide bonds. The van der Waals surface area contributed by atoms with Crippen molar-refractivity contribution in [1.82, 2.24) is 4.98 Å². The van der Waals surface area contributed by atoms with Crippen LogP contribution in [-0.2, 0) is 9.53 Å². The summed E-state index contributed by atoms with van der Waals surface area (Å²) in [6.07, 6.45) is 1.37. The third-order valence-electron chi connectivity index (χ3n) is 4.26. The van der Waals surface area contributed by atoms with Crippen molar-refractivity contribution in [3.8, 4) is 21.8 Å². The molecule has 1 N–H and O–H groups in total. The van der Waals surface area contributed by atoms with E-state index in [1.807, 2.05) is 53.9 Å². The van der Waals surface area contributed by atoms with Gasteiger partial charge in [0.2, 0.25) is 0 Å². The molecular weight excluding hydrogens is 368 g/mol. The van der Waals surface area contributed by atoms with Crippen molar-refractivity contribution in [3.05, 3.63) is 58.9 Å². The number of carbonyl (C=O) groups excluding carboxylic acids is 1. The van der Waals surface area contributed by atoms with Gasteiger partial charge < -0.3 is 10.1 Å². The molecule has 0 spiro atoms. The van der Waals surface area contributed by atoms with Crippen molar-refractivity contribution in [3.63, 3.8) is 0 Å². The Labute approximate surface area is 160 Å².